The summed E-state index contributed by atoms with van der Waals surface area (Å²) in [5.74, 6) is 8.14. The van der Waals surface area contributed by atoms with Gasteiger partial charge in [0.2, 0.25) is 0 Å². The molecule has 2 saturated carbocycles. The Labute approximate surface area is 106 Å². The van der Waals surface area contributed by atoms with E-state index in [4.69, 9.17) is 5.84 Å². The van der Waals surface area contributed by atoms with Crippen LogP contribution in [0, 0.1) is 0 Å². The van der Waals surface area contributed by atoms with E-state index in [0.717, 1.165) is 43.7 Å². The third-order valence-electron chi connectivity index (χ3n) is 3.84. The minimum absolute atomic E-state index is 0.140. The van der Waals surface area contributed by atoms with E-state index >= 15 is 0 Å². The molecular weight excluding hydrogens is 230 g/mol. The number of hydrogen-bond donors (Lipinski definition) is 4. The van der Waals surface area contributed by atoms with E-state index in [1.54, 1.807) is 6.07 Å². The van der Waals surface area contributed by atoms with Gasteiger partial charge in [0, 0.05) is 12.0 Å². The van der Waals surface area contributed by atoms with Crippen molar-refractivity contribution in [3.05, 3.63) is 11.9 Å². The number of hydrogen-bond acceptors (Lipinski definition) is 6. The molecule has 6 nitrogen and oxygen atoms in total. The van der Waals surface area contributed by atoms with Gasteiger partial charge in [0.25, 0.3) is 0 Å². The van der Waals surface area contributed by atoms with Gasteiger partial charge in [-0.25, -0.2) is 15.8 Å². The van der Waals surface area contributed by atoms with Crippen molar-refractivity contribution in [2.24, 2.45) is 5.84 Å². The van der Waals surface area contributed by atoms with E-state index in [9.17, 15) is 5.11 Å². The highest BCUT2D eigenvalue weighted by Gasteiger charge is 2.37. The van der Waals surface area contributed by atoms with Gasteiger partial charge < -0.3 is 15.8 Å². The van der Waals surface area contributed by atoms with Crippen molar-refractivity contribution in [2.75, 3.05) is 17.3 Å². The summed E-state index contributed by atoms with van der Waals surface area (Å²) in [4.78, 5) is 8.89. The van der Waals surface area contributed by atoms with Crippen molar-refractivity contribution in [1.82, 2.24) is 9.97 Å². The lowest BCUT2D eigenvalue weighted by molar-refractivity contribution is 0.144. The molecule has 0 aromatic carbocycles. The van der Waals surface area contributed by atoms with Crippen LogP contribution in [0.2, 0.25) is 0 Å². The van der Waals surface area contributed by atoms with Crippen molar-refractivity contribution in [2.45, 2.75) is 43.6 Å². The van der Waals surface area contributed by atoms with Crippen LogP contribution in [-0.2, 0) is 0 Å². The number of rotatable bonds is 5. The van der Waals surface area contributed by atoms with Gasteiger partial charge in [0.1, 0.15) is 17.5 Å². The second-order valence-corrected chi connectivity index (χ2v) is 5.33. The number of nitrogens with two attached hydrogens (primary N) is 1. The van der Waals surface area contributed by atoms with Crippen LogP contribution in [0.25, 0.3) is 0 Å². The molecule has 1 heterocycles. The van der Waals surface area contributed by atoms with Gasteiger partial charge in [-0.1, -0.05) is 0 Å². The largest absolute Gasteiger partial charge is 0.394 e. The van der Waals surface area contributed by atoms with Crippen LogP contribution < -0.4 is 16.6 Å². The average Bonchev–Trinajstić information content (AvgIpc) is 3.17. The number of aliphatic hydroxyl groups is 1. The van der Waals surface area contributed by atoms with Crippen LogP contribution in [0.3, 0.4) is 0 Å². The summed E-state index contributed by atoms with van der Waals surface area (Å²) in [6.07, 6.45) is 5.42. The molecule has 0 unspecified atom stereocenters. The number of anilines is 2. The van der Waals surface area contributed by atoms with Crippen LogP contribution >= 0.6 is 0 Å². The van der Waals surface area contributed by atoms with E-state index in [-0.39, 0.29) is 12.1 Å². The molecule has 1 aromatic rings. The molecule has 98 valence electrons. The normalized spacial score (nSPS) is 21.2. The molecule has 5 N–H and O–H groups in total. The summed E-state index contributed by atoms with van der Waals surface area (Å²) >= 11 is 0. The van der Waals surface area contributed by atoms with E-state index < -0.39 is 0 Å². The number of nitrogen functional groups attached to an aromatic ring is 1. The number of hydrazine groups is 1. The summed E-state index contributed by atoms with van der Waals surface area (Å²) in [7, 11) is 0. The molecule has 1 aromatic heterocycles. The first-order valence-corrected chi connectivity index (χ1v) is 6.49. The lowest BCUT2D eigenvalue weighted by Gasteiger charge is -2.41. The smallest absolute Gasteiger partial charge is 0.145 e. The predicted octanol–water partition coefficient (Wildman–Crippen LogP) is 0.966. The third kappa shape index (κ3) is 2.13. The van der Waals surface area contributed by atoms with Crippen molar-refractivity contribution >= 4 is 11.6 Å². The molecular formula is C12H19N5O. The van der Waals surface area contributed by atoms with Crippen molar-refractivity contribution in [1.29, 1.82) is 0 Å². The van der Waals surface area contributed by atoms with Crippen LogP contribution in [0.4, 0.5) is 11.6 Å². The number of aromatic nitrogens is 2. The fourth-order valence-corrected chi connectivity index (χ4v) is 2.33. The topological polar surface area (TPSA) is 96.1 Å². The fourth-order valence-electron chi connectivity index (χ4n) is 2.33. The van der Waals surface area contributed by atoms with Crippen molar-refractivity contribution in [3.63, 3.8) is 0 Å². The first kappa shape index (κ1) is 11.7. The predicted molar refractivity (Wildman–Crippen MR) is 69.1 cm³/mol. The van der Waals surface area contributed by atoms with Crippen LogP contribution in [0.15, 0.2) is 6.07 Å². The van der Waals surface area contributed by atoms with Crippen LogP contribution in [-0.4, -0.2) is 27.2 Å². The Morgan fingerprint density at radius 3 is 2.56 bits per heavy atom. The van der Waals surface area contributed by atoms with Gasteiger partial charge in [0.05, 0.1) is 12.1 Å². The van der Waals surface area contributed by atoms with Gasteiger partial charge >= 0.3 is 0 Å². The quantitative estimate of drug-likeness (QED) is 0.458. The molecule has 2 aliphatic carbocycles. The molecule has 0 spiro atoms. The number of nitrogens with zero attached hydrogens (tertiary/aromatic N) is 2. The summed E-state index contributed by atoms with van der Waals surface area (Å²) < 4.78 is 0. The minimum Gasteiger partial charge on any atom is -0.394 e. The third-order valence-corrected chi connectivity index (χ3v) is 3.84. The average molecular weight is 249 g/mol. The van der Waals surface area contributed by atoms with Gasteiger partial charge in [-0.2, -0.15) is 0 Å². The second-order valence-electron chi connectivity index (χ2n) is 5.33. The molecule has 18 heavy (non-hydrogen) atoms. The minimum atomic E-state index is -0.193. The molecule has 6 heteroatoms. The lowest BCUT2D eigenvalue weighted by atomic mass is 9.77. The van der Waals surface area contributed by atoms with Gasteiger partial charge in [-0.3, -0.25) is 0 Å². The zero-order valence-corrected chi connectivity index (χ0v) is 10.3. The Kier molecular flexibility index (Phi) is 2.83. The van der Waals surface area contributed by atoms with E-state index in [0.29, 0.717) is 11.7 Å². The summed E-state index contributed by atoms with van der Waals surface area (Å²) in [6.45, 7) is 0.140. The maximum absolute atomic E-state index is 9.47. The fraction of sp³-hybridized carbons (Fsp3) is 0.667. The molecule has 0 atom stereocenters. The molecule has 0 amide bonds. The van der Waals surface area contributed by atoms with Gasteiger partial charge in [-0.15, -0.1) is 0 Å². The highest BCUT2D eigenvalue weighted by Crippen LogP contribution is 2.40. The zero-order chi connectivity index (χ0) is 12.6. The maximum atomic E-state index is 9.47. The van der Waals surface area contributed by atoms with Gasteiger partial charge in [0.15, 0.2) is 0 Å². The highest BCUT2D eigenvalue weighted by molar-refractivity contribution is 5.49. The Morgan fingerprint density at radius 2 is 2.06 bits per heavy atom. The SMILES string of the molecule is NNc1cc(NC2(CO)CCC2)nc(C2CC2)n1. The molecule has 0 bridgehead atoms. The zero-order valence-electron chi connectivity index (χ0n) is 10.3. The summed E-state index contributed by atoms with van der Waals surface area (Å²) in [5.41, 5.74) is 2.38. The maximum Gasteiger partial charge on any atom is 0.145 e. The molecule has 0 aliphatic heterocycles. The lowest BCUT2D eigenvalue weighted by Crippen LogP contribution is -2.48. The Bertz CT molecular complexity index is 437. The summed E-state index contributed by atoms with van der Waals surface area (Å²) in [6, 6.07) is 1.79. The standard InChI is InChI=1S/C12H19N5O/c13-17-10-6-9(14-11(15-10)8-2-3-8)16-12(7-18)4-1-5-12/h6,8,18H,1-5,7,13H2,(H2,14,15,16,17). The van der Waals surface area contributed by atoms with Gasteiger partial charge in [-0.05, 0) is 32.1 Å². The first-order chi connectivity index (χ1) is 8.74. The number of nitrogens with one attached hydrogen (secondary N) is 2. The number of aliphatic hydroxyl groups excluding tert-OH is 1. The molecule has 0 saturated heterocycles. The Morgan fingerprint density at radius 1 is 1.33 bits per heavy atom. The van der Waals surface area contributed by atoms with Crippen molar-refractivity contribution in [3.8, 4) is 0 Å². The van der Waals surface area contributed by atoms with Crippen molar-refractivity contribution < 1.29 is 5.11 Å². The summed E-state index contributed by atoms with van der Waals surface area (Å²) in [5, 5.41) is 12.8. The molecule has 2 fully saturated rings. The molecule has 2 aliphatic rings. The molecule has 3 rings (SSSR count). The Balaban J connectivity index is 1.83. The van der Waals surface area contributed by atoms with Crippen LogP contribution in [0.1, 0.15) is 43.8 Å². The van der Waals surface area contributed by atoms with E-state index in [1.807, 2.05) is 0 Å². The second kappa shape index (κ2) is 4.37. The Hall–Kier alpha value is -1.40. The monoisotopic (exact) mass is 249 g/mol. The molecule has 0 radical (unpaired) electrons. The highest BCUT2D eigenvalue weighted by atomic mass is 16.3. The first-order valence-electron chi connectivity index (χ1n) is 6.49. The van der Waals surface area contributed by atoms with E-state index in [2.05, 4.69) is 20.7 Å². The van der Waals surface area contributed by atoms with Crippen LogP contribution in [0.5, 0.6) is 0 Å². The van der Waals surface area contributed by atoms with E-state index in [1.165, 1.54) is 0 Å².